The van der Waals surface area contributed by atoms with Crippen LogP contribution in [0.1, 0.15) is 65.2 Å². The normalized spacial score (nSPS) is 51.6. The second kappa shape index (κ2) is 5.55. The first-order valence-electron chi connectivity index (χ1n) is 10.1. The molecule has 4 heteroatoms. The van der Waals surface area contributed by atoms with Gasteiger partial charge in [0.2, 0.25) is 0 Å². The summed E-state index contributed by atoms with van der Waals surface area (Å²) < 4.78 is 5.20. The van der Waals surface area contributed by atoms with Gasteiger partial charge in [0, 0.05) is 11.3 Å². The van der Waals surface area contributed by atoms with Crippen molar-refractivity contribution in [1.82, 2.24) is 0 Å². The standard InChI is InChI=1S/C21H32O4/c1-19-7-4-8-20(2,18(24)25-3)15(19)6-10-21-9-5-13(11-16(19)21)14(12-22)17(21)23/h13-16,22H,4-12H2,1-3H3/t13-,14-,15-,16-,19+,20+,21-/m0/s1. The van der Waals surface area contributed by atoms with Crippen molar-refractivity contribution in [2.75, 3.05) is 13.7 Å². The Hall–Kier alpha value is -0.900. The highest BCUT2D eigenvalue weighted by atomic mass is 16.5. The molecular weight excluding hydrogens is 316 g/mol. The minimum absolute atomic E-state index is 0.0119. The smallest absolute Gasteiger partial charge is 0.311 e. The first-order valence-corrected chi connectivity index (χ1v) is 10.1. The topological polar surface area (TPSA) is 63.6 Å². The number of rotatable bonds is 2. The molecule has 1 N–H and O–H groups in total. The van der Waals surface area contributed by atoms with Gasteiger partial charge in [-0.1, -0.05) is 13.3 Å². The minimum atomic E-state index is -0.417. The van der Waals surface area contributed by atoms with Crippen molar-refractivity contribution in [2.45, 2.75) is 65.2 Å². The first kappa shape index (κ1) is 17.5. The Morgan fingerprint density at radius 1 is 1.16 bits per heavy atom. The zero-order valence-electron chi connectivity index (χ0n) is 15.8. The number of Topliss-reactive ketones (excluding diaryl/α,β-unsaturated/α-hetero) is 1. The molecule has 0 saturated heterocycles. The lowest BCUT2D eigenvalue weighted by molar-refractivity contribution is -0.205. The molecule has 7 atom stereocenters. The first-order chi connectivity index (χ1) is 11.8. The predicted molar refractivity (Wildman–Crippen MR) is 93.7 cm³/mol. The van der Waals surface area contributed by atoms with Crippen molar-refractivity contribution in [2.24, 2.45) is 39.9 Å². The lowest BCUT2D eigenvalue weighted by Gasteiger charge is -2.67. The van der Waals surface area contributed by atoms with Crippen LogP contribution in [0, 0.1) is 39.9 Å². The van der Waals surface area contributed by atoms with Crippen LogP contribution < -0.4 is 0 Å². The number of esters is 1. The summed E-state index contributed by atoms with van der Waals surface area (Å²) in [4.78, 5) is 25.9. The molecule has 25 heavy (non-hydrogen) atoms. The van der Waals surface area contributed by atoms with Crippen molar-refractivity contribution in [1.29, 1.82) is 0 Å². The van der Waals surface area contributed by atoms with Gasteiger partial charge in [0.15, 0.2) is 0 Å². The van der Waals surface area contributed by atoms with E-state index in [1.165, 1.54) is 7.11 Å². The van der Waals surface area contributed by atoms with Gasteiger partial charge in [-0.3, -0.25) is 9.59 Å². The van der Waals surface area contributed by atoms with Gasteiger partial charge in [0.05, 0.1) is 19.1 Å². The molecule has 0 radical (unpaired) electrons. The molecule has 0 aromatic rings. The highest BCUT2D eigenvalue weighted by Crippen LogP contribution is 2.71. The summed E-state index contributed by atoms with van der Waals surface area (Å²) in [5.41, 5.74) is -0.616. The third-order valence-electron chi connectivity index (χ3n) is 9.06. The van der Waals surface area contributed by atoms with E-state index in [0.717, 1.165) is 51.4 Å². The summed E-state index contributed by atoms with van der Waals surface area (Å²) in [5, 5.41) is 9.77. The Balaban J connectivity index is 1.75. The van der Waals surface area contributed by atoms with Crippen molar-refractivity contribution in [3.05, 3.63) is 0 Å². The summed E-state index contributed by atoms with van der Waals surface area (Å²) >= 11 is 0. The van der Waals surface area contributed by atoms with Gasteiger partial charge in [-0.05, 0) is 75.0 Å². The van der Waals surface area contributed by atoms with E-state index in [-0.39, 0.29) is 29.3 Å². The lowest BCUT2D eigenvalue weighted by atomic mass is 9.36. The molecule has 0 unspecified atom stereocenters. The fourth-order valence-corrected chi connectivity index (χ4v) is 7.92. The maximum atomic E-state index is 13.3. The average Bonchev–Trinajstić information content (AvgIpc) is 2.61. The van der Waals surface area contributed by atoms with E-state index < -0.39 is 5.41 Å². The van der Waals surface area contributed by atoms with E-state index in [1.807, 2.05) is 0 Å². The van der Waals surface area contributed by atoms with Crippen LogP contribution in [0.25, 0.3) is 0 Å². The van der Waals surface area contributed by atoms with E-state index in [4.69, 9.17) is 4.74 Å². The Morgan fingerprint density at radius 3 is 2.56 bits per heavy atom. The van der Waals surface area contributed by atoms with Crippen LogP contribution in [0.5, 0.6) is 0 Å². The molecule has 5 fully saturated rings. The number of fused-ring (bicyclic) bond motifs is 3. The fourth-order valence-electron chi connectivity index (χ4n) is 7.92. The number of ketones is 1. The number of ether oxygens (including phenoxy) is 1. The van der Waals surface area contributed by atoms with E-state index in [0.29, 0.717) is 23.5 Å². The monoisotopic (exact) mass is 348 g/mol. The molecule has 0 aliphatic heterocycles. The van der Waals surface area contributed by atoms with Crippen LogP contribution in [0.2, 0.25) is 0 Å². The van der Waals surface area contributed by atoms with Gasteiger partial charge >= 0.3 is 5.97 Å². The van der Waals surface area contributed by atoms with E-state index in [2.05, 4.69) is 13.8 Å². The Bertz CT molecular complexity index is 601. The molecule has 0 heterocycles. The van der Waals surface area contributed by atoms with Crippen molar-refractivity contribution < 1.29 is 19.4 Å². The maximum Gasteiger partial charge on any atom is 0.311 e. The maximum absolute atomic E-state index is 13.3. The van der Waals surface area contributed by atoms with Crippen LogP contribution in [0.15, 0.2) is 0 Å². The number of aliphatic hydroxyl groups is 1. The molecule has 1 spiro atoms. The number of carbonyl (C=O) groups excluding carboxylic acids is 2. The van der Waals surface area contributed by atoms with Crippen molar-refractivity contribution in [3.63, 3.8) is 0 Å². The lowest BCUT2D eigenvalue weighted by Crippen LogP contribution is -2.65. The van der Waals surface area contributed by atoms with Crippen LogP contribution >= 0.6 is 0 Å². The van der Waals surface area contributed by atoms with Crippen LogP contribution in [0.3, 0.4) is 0 Å². The minimum Gasteiger partial charge on any atom is -0.469 e. The molecule has 140 valence electrons. The van der Waals surface area contributed by atoms with Crippen molar-refractivity contribution in [3.8, 4) is 0 Å². The molecule has 4 nitrogen and oxygen atoms in total. The average molecular weight is 348 g/mol. The van der Waals surface area contributed by atoms with E-state index in [1.54, 1.807) is 0 Å². The summed E-state index contributed by atoms with van der Waals surface area (Å²) in [6.07, 6.45) is 8.02. The Labute approximate surface area is 150 Å². The third kappa shape index (κ3) is 2.03. The zero-order chi connectivity index (χ0) is 18.0. The SMILES string of the molecule is COC(=O)[C@]1(C)CCC[C@@]2(C)[C@@H]3C[C@@H]4CC[C@@]3(CC[C@@H]21)C(=O)[C@H]4CO. The van der Waals surface area contributed by atoms with Gasteiger partial charge in [-0.2, -0.15) is 0 Å². The van der Waals surface area contributed by atoms with E-state index in [9.17, 15) is 14.7 Å². The summed E-state index contributed by atoms with van der Waals surface area (Å²) in [5.74, 6) is 1.15. The molecule has 2 bridgehead atoms. The number of carbonyl (C=O) groups is 2. The van der Waals surface area contributed by atoms with Gasteiger partial charge in [-0.25, -0.2) is 0 Å². The van der Waals surface area contributed by atoms with Crippen LogP contribution in [0.4, 0.5) is 0 Å². The summed E-state index contributed by atoms with van der Waals surface area (Å²) in [6, 6.07) is 0. The molecular formula is C21H32O4. The molecule has 0 aromatic heterocycles. The quantitative estimate of drug-likeness (QED) is 0.777. The number of hydrogen-bond donors (Lipinski definition) is 1. The van der Waals surface area contributed by atoms with Gasteiger partial charge in [0.1, 0.15) is 5.78 Å². The third-order valence-corrected chi connectivity index (χ3v) is 9.06. The van der Waals surface area contributed by atoms with Gasteiger partial charge in [-0.15, -0.1) is 0 Å². The molecule has 5 aliphatic carbocycles. The zero-order valence-corrected chi connectivity index (χ0v) is 15.8. The second-order valence-corrected chi connectivity index (χ2v) is 9.76. The summed E-state index contributed by atoms with van der Waals surface area (Å²) in [6.45, 7) is 4.46. The van der Waals surface area contributed by atoms with E-state index >= 15 is 0 Å². The fraction of sp³-hybridized carbons (Fsp3) is 0.905. The largest absolute Gasteiger partial charge is 0.469 e. The molecule has 5 aliphatic rings. The van der Waals surface area contributed by atoms with Gasteiger partial charge < -0.3 is 9.84 Å². The second-order valence-electron chi connectivity index (χ2n) is 9.76. The molecule has 0 amide bonds. The highest BCUT2D eigenvalue weighted by Gasteiger charge is 2.68. The van der Waals surface area contributed by atoms with Crippen LogP contribution in [-0.2, 0) is 14.3 Å². The molecule has 0 aromatic carbocycles. The van der Waals surface area contributed by atoms with Crippen molar-refractivity contribution >= 4 is 11.8 Å². The molecule has 5 saturated carbocycles. The predicted octanol–water partition coefficient (Wildman–Crippen LogP) is 3.36. The number of methoxy groups -OCH3 is 1. The number of aliphatic hydroxyl groups excluding tert-OH is 1. The Kier molecular flexibility index (Phi) is 3.89. The van der Waals surface area contributed by atoms with Gasteiger partial charge in [0.25, 0.3) is 0 Å². The summed E-state index contributed by atoms with van der Waals surface area (Å²) in [7, 11) is 1.50. The van der Waals surface area contributed by atoms with Crippen LogP contribution in [-0.4, -0.2) is 30.6 Å². The molecule has 5 rings (SSSR count). The Morgan fingerprint density at radius 2 is 1.88 bits per heavy atom. The number of hydrogen-bond acceptors (Lipinski definition) is 4. The highest BCUT2D eigenvalue weighted by molar-refractivity contribution is 5.90.